The zero-order valence-electron chi connectivity index (χ0n) is 11.6. The van der Waals surface area contributed by atoms with Crippen molar-refractivity contribution in [3.8, 4) is 0 Å². The molecule has 0 aliphatic carbocycles. The molecule has 2 aromatic rings. The molecule has 0 atom stereocenters. The van der Waals surface area contributed by atoms with Crippen LogP contribution in [-0.4, -0.2) is 4.98 Å². The van der Waals surface area contributed by atoms with E-state index in [0.717, 1.165) is 5.52 Å². The summed E-state index contributed by atoms with van der Waals surface area (Å²) >= 11 is 1.85. The molecule has 0 N–H and O–H groups in total. The largest absolute Gasteiger partial charge is 0.241 e. The fourth-order valence-corrected chi connectivity index (χ4v) is 3.22. The summed E-state index contributed by atoms with van der Waals surface area (Å²) in [6.07, 6.45) is 0. The Hall–Kier alpha value is -0.890. The Balaban J connectivity index is 2.66. The van der Waals surface area contributed by atoms with E-state index in [9.17, 15) is 0 Å². The molecule has 0 bridgehead atoms. The van der Waals surface area contributed by atoms with Gasteiger partial charge in [0.1, 0.15) is 0 Å². The Morgan fingerprint density at radius 1 is 1.18 bits per heavy atom. The maximum absolute atomic E-state index is 4.76. The molecule has 1 aromatic carbocycles. The van der Waals surface area contributed by atoms with Gasteiger partial charge in [0.05, 0.1) is 15.2 Å². The highest BCUT2D eigenvalue weighted by atomic mass is 32.1. The van der Waals surface area contributed by atoms with Crippen LogP contribution >= 0.6 is 11.3 Å². The molecule has 0 saturated heterocycles. The van der Waals surface area contributed by atoms with Crippen LogP contribution in [0.15, 0.2) is 12.1 Å². The van der Waals surface area contributed by atoms with Crippen molar-refractivity contribution in [2.45, 2.75) is 52.9 Å². The van der Waals surface area contributed by atoms with Gasteiger partial charge >= 0.3 is 0 Å². The van der Waals surface area contributed by atoms with Gasteiger partial charge in [-0.25, -0.2) is 4.98 Å². The quantitative estimate of drug-likeness (QED) is 0.689. The van der Waals surface area contributed by atoms with E-state index in [1.165, 1.54) is 20.8 Å². The van der Waals surface area contributed by atoms with Crippen molar-refractivity contribution in [1.29, 1.82) is 0 Å². The first-order valence-electron chi connectivity index (χ1n) is 6.21. The third-order valence-electron chi connectivity index (χ3n) is 3.11. The molecule has 0 unspecified atom stereocenters. The number of fused-ring (bicyclic) bond motifs is 1. The average molecular weight is 247 g/mol. The molecule has 0 saturated carbocycles. The van der Waals surface area contributed by atoms with Crippen LogP contribution in [0.25, 0.3) is 10.2 Å². The summed E-state index contributed by atoms with van der Waals surface area (Å²) in [4.78, 5) is 4.76. The molecular formula is C15H21NS. The smallest absolute Gasteiger partial charge is 0.0992 e. The van der Waals surface area contributed by atoms with Gasteiger partial charge in [0.2, 0.25) is 0 Å². The SMILES string of the molecule is Cc1c(C(C)C)ccc2nc(C(C)(C)C)sc12. The van der Waals surface area contributed by atoms with Crippen molar-refractivity contribution in [1.82, 2.24) is 4.98 Å². The van der Waals surface area contributed by atoms with Crippen molar-refractivity contribution >= 4 is 21.6 Å². The summed E-state index contributed by atoms with van der Waals surface area (Å²) in [6, 6.07) is 4.40. The van der Waals surface area contributed by atoms with Crippen LogP contribution < -0.4 is 0 Å². The second kappa shape index (κ2) is 4.09. The summed E-state index contributed by atoms with van der Waals surface area (Å²) in [5.74, 6) is 0.583. The lowest BCUT2D eigenvalue weighted by Gasteiger charge is -2.13. The van der Waals surface area contributed by atoms with Crippen molar-refractivity contribution in [3.05, 3.63) is 28.3 Å². The number of thiazole rings is 1. The third-order valence-corrected chi connectivity index (χ3v) is 4.73. The van der Waals surface area contributed by atoms with E-state index in [0.29, 0.717) is 5.92 Å². The summed E-state index contributed by atoms with van der Waals surface area (Å²) in [6.45, 7) is 13.4. The molecule has 0 fully saturated rings. The van der Waals surface area contributed by atoms with E-state index < -0.39 is 0 Å². The fraction of sp³-hybridized carbons (Fsp3) is 0.533. The first-order valence-corrected chi connectivity index (χ1v) is 7.03. The zero-order valence-corrected chi connectivity index (χ0v) is 12.4. The summed E-state index contributed by atoms with van der Waals surface area (Å²) < 4.78 is 1.36. The third kappa shape index (κ3) is 2.23. The van der Waals surface area contributed by atoms with Crippen molar-refractivity contribution < 1.29 is 0 Å². The van der Waals surface area contributed by atoms with E-state index in [1.54, 1.807) is 0 Å². The molecule has 0 aliphatic heterocycles. The predicted octanol–water partition coefficient (Wildman–Crippen LogP) is 5.03. The van der Waals surface area contributed by atoms with E-state index >= 15 is 0 Å². The maximum Gasteiger partial charge on any atom is 0.0992 e. The Bertz CT molecular complexity index is 544. The second-order valence-electron chi connectivity index (χ2n) is 6.05. The predicted molar refractivity (Wildman–Crippen MR) is 77.1 cm³/mol. The lowest BCUT2D eigenvalue weighted by atomic mass is 9.97. The van der Waals surface area contributed by atoms with Crippen LogP contribution in [-0.2, 0) is 5.41 Å². The standard InChI is InChI=1S/C15H21NS/c1-9(2)11-7-8-12-13(10(11)3)17-14(16-12)15(4,5)6/h7-9H,1-6H3. The Morgan fingerprint density at radius 2 is 1.82 bits per heavy atom. The van der Waals surface area contributed by atoms with Crippen molar-refractivity contribution in [2.24, 2.45) is 0 Å². The molecule has 92 valence electrons. The van der Waals surface area contributed by atoms with Crippen LogP contribution in [0.1, 0.15) is 56.7 Å². The second-order valence-corrected chi connectivity index (χ2v) is 7.05. The molecule has 0 amide bonds. The first kappa shape index (κ1) is 12.6. The van der Waals surface area contributed by atoms with E-state index in [2.05, 4.69) is 53.7 Å². The monoisotopic (exact) mass is 247 g/mol. The zero-order chi connectivity index (χ0) is 12.8. The molecule has 0 aliphatic rings. The van der Waals surface area contributed by atoms with Crippen LogP contribution in [0.4, 0.5) is 0 Å². The van der Waals surface area contributed by atoms with E-state index in [4.69, 9.17) is 4.98 Å². The van der Waals surface area contributed by atoms with Gasteiger partial charge in [-0.1, -0.05) is 40.7 Å². The van der Waals surface area contributed by atoms with E-state index in [1.807, 2.05) is 11.3 Å². The number of hydrogen-bond acceptors (Lipinski definition) is 2. The molecule has 0 spiro atoms. The molecule has 1 heterocycles. The van der Waals surface area contributed by atoms with Gasteiger partial charge in [-0.15, -0.1) is 11.3 Å². The Labute approximate surface area is 108 Å². The van der Waals surface area contributed by atoms with Crippen molar-refractivity contribution in [2.75, 3.05) is 0 Å². The summed E-state index contributed by atoms with van der Waals surface area (Å²) in [5, 5.41) is 1.23. The van der Waals surface area contributed by atoms with Crippen LogP contribution in [0, 0.1) is 6.92 Å². The molecule has 2 heteroatoms. The van der Waals surface area contributed by atoms with Crippen molar-refractivity contribution in [3.63, 3.8) is 0 Å². The number of hydrogen-bond donors (Lipinski definition) is 0. The maximum atomic E-state index is 4.76. The van der Waals surface area contributed by atoms with Crippen LogP contribution in [0.2, 0.25) is 0 Å². The van der Waals surface area contributed by atoms with Crippen LogP contribution in [0.3, 0.4) is 0 Å². The van der Waals surface area contributed by atoms with Gasteiger partial charge in [-0.2, -0.15) is 0 Å². The Morgan fingerprint density at radius 3 is 2.35 bits per heavy atom. The minimum atomic E-state index is 0.147. The number of benzene rings is 1. The highest BCUT2D eigenvalue weighted by molar-refractivity contribution is 7.18. The van der Waals surface area contributed by atoms with Gasteiger partial charge in [0.15, 0.2) is 0 Å². The minimum absolute atomic E-state index is 0.147. The minimum Gasteiger partial charge on any atom is -0.241 e. The van der Waals surface area contributed by atoms with Gasteiger partial charge in [-0.3, -0.25) is 0 Å². The summed E-state index contributed by atoms with van der Waals surface area (Å²) in [5.41, 5.74) is 4.16. The van der Waals surface area contributed by atoms with Gasteiger partial charge in [0.25, 0.3) is 0 Å². The highest BCUT2D eigenvalue weighted by Crippen LogP contribution is 2.35. The molecular weight excluding hydrogens is 226 g/mol. The number of nitrogens with zero attached hydrogens (tertiary/aromatic N) is 1. The first-order chi connectivity index (χ1) is 7.80. The van der Waals surface area contributed by atoms with Crippen LogP contribution in [0.5, 0.6) is 0 Å². The van der Waals surface area contributed by atoms with E-state index in [-0.39, 0.29) is 5.41 Å². The number of aromatic nitrogens is 1. The normalized spacial score (nSPS) is 12.6. The molecule has 1 aromatic heterocycles. The van der Waals surface area contributed by atoms with Gasteiger partial charge in [0, 0.05) is 5.41 Å². The molecule has 17 heavy (non-hydrogen) atoms. The lowest BCUT2D eigenvalue weighted by Crippen LogP contribution is -2.09. The Kier molecular flexibility index (Phi) is 3.03. The molecule has 0 radical (unpaired) electrons. The number of rotatable bonds is 1. The topological polar surface area (TPSA) is 12.9 Å². The van der Waals surface area contributed by atoms with Gasteiger partial charge < -0.3 is 0 Å². The molecule has 2 rings (SSSR count). The lowest BCUT2D eigenvalue weighted by molar-refractivity contribution is 0.587. The molecule has 1 nitrogen and oxygen atoms in total. The average Bonchev–Trinajstić information content (AvgIpc) is 2.61. The fourth-order valence-electron chi connectivity index (χ4n) is 2.08. The van der Waals surface area contributed by atoms with Gasteiger partial charge in [-0.05, 0) is 30.0 Å². The summed E-state index contributed by atoms with van der Waals surface area (Å²) in [7, 11) is 0. The number of aryl methyl sites for hydroxylation is 1. The highest BCUT2D eigenvalue weighted by Gasteiger charge is 2.20.